The van der Waals surface area contributed by atoms with Crippen molar-refractivity contribution in [1.82, 2.24) is 4.90 Å². The molecule has 0 spiro atoms. The quantitative estimate of drug-likeness (QED) is 0.917. The summed E-state index contributed by atoms with van der Waals surface area (Å²) in [7, 11) is 1.75. The largest absolute Gasteiger partial charge is 0.496 e. The fourth-order valence-corrected chi connectivity index (χ4v) is 4.21. The molecule has 0 bridgehead atoms. The SMILES string of the molecule is COc1ccccc1C(CN)N1CCC2CCCCC21. The first-order valence-corrected chi connectivity index (χ1v) is 7.94. The van der Waals surface area contributed by atoms with Crippen molar-refractivity contribution in [2.24, 2.45) is 11.7 Å². The van der Waals surface area contributed by atoms with Crippen LogP contribution < -0.4 is 10.5 Å². The molecule has 1 heterocycles. The van der Waals surface area contributed by atoms with Crippen molar-refractivity contribution >= 4 is 0 Å². The normalized spacial score (nSPS) is 28.1. The first kappa shape index (κ1) is 13.9. The maximum Gasteiger partial charge on any atom is 0.123 e. The topological polar surface area (TPSA) is 38.5 Å². The lowest BCUT2D eigenvalue weighted by atomic mass is 9.84. The van der Waals surface area contributed by atoms with E-state index in [0.29, 0.717) is 12.6 Å². The molecule has 2 N–H and O–H groups in total. The van der Waals surface area contributed by atoms with Crippen molar-refractivity contribution in [2.75, 3.05) is 20.2 Å². The highest BCUT2D eigenvalue weighted by atomic mass is 16.5. The lowest BCUT2D eigenvalue weighted by molar-refractivity contribution is 0.133. The monoisotopic (exact) mass is 274 g/mol. The molecule has 1 aliphatic heterocycles. The van der Waals surface area contributed by atoms with Crippen LogP contribution in [-0.2, 0) is 0 Å². The minimum atomic E-state index is 0.305. The Morgan fingerprint density at radius 3 is 2.85 bits per heavy atom. The van der Waals surface area contributed by atoms with Gasteiger partial charge >= 0.3 is 0 Å². The van der Waals surface area contributed by atoms with Crippen molar-refractivity contribution in [3.63, 3.8) is 0 Å². The molecule has 1 aromatic carbocycles. The number of hydrogen-bond acceptors (Lipinski definition) is 3. The van der Waals surface area contributed by atoms with Crippen LogP contribution in [0.25, 0.3) is 0 Å². The molecule has 110 valence electrons. The Hall–Kier alpha value is -1.06. The molecule has 3 unspecified atom stereocenters. The van der Waals surface area contributed by atoms with Gasteiger partial charge in [0.1, 0.15) is 5.75 Å². The molecular weight excluding hydrogens is 248 g/mol. The molecule has 0 radical (unpaired) electrons. The van der Waals surface area contributed by atoms with Gasteiger partial charge in [-0.3, -0.25) is 4.90 Å². The molecule has 3 heteroatoms. The predicted molar refractivity (Wildman–Crippen MR) is 81.9 cm³/mol. The summed E-state index contributed by atoms with van der Waals surface area (Å²) < 4.78 is 5.54. The number of ether oxygens (including phenoxy) is 1. The van der Waals surface area contributed by atoms with Crippen LogP contribution in [0, 0.1) is 5.92 Å². The second-order valence-electron chi connectivity index (χ2n) is 6.13. The maximum atomic E-state index is 6.13. The number of para-hydroxylation sites is 1. The van der Waals surface area contributed by atoms with Gasteiger partial charge in [0.05, 0.1) is 13.2 Å². The summed E-state index contributed by atoms with van der Waals surface area (Å²) in [5.74, 6) is 1.87. The minimum Gasteiger partial charge on any atom is -0.496 e. The van der Waals surface area contributed by atoms with E-state index in [1.165, 1.54) is 44.2 Å². The van der Waals surface area contributed by atoms with Crippen molar-refractivity contribution < 1.29 is 4.74 Å². The summed E-state index contributed by atoms with van der Waals surface area (Å²) in [4.78, 5) is 2.65. The van der Waals surface area contributed by atoms with Gasteiger partial charge in [-0.1, -0.05) is 31.0 Å². The zero-order valence-electron chi connectivity index (χ0n) is 12.4. The third kappa shape index (κ3) is 2.45. The molecule has 3 nitrogen and oxygen atoms in total. The van der Waals surface area contributed by atoms with E-state index >= 15 is 0 Å². The average molecular weight is 274 g/mol. The fraction of sp³-hybridized carbons (Fsp3) is 0.647. The lowest BCUT2D eigenvalue weighted by Crippen LogP contribution is -2.40. The molecular formula is C17H26N2O. The number of fused-ring (bicyclic) bond motifs is 1. The predicted octanol–water partition coefficient (Wildman–Crippen LogP) is 2.96. The molecule has 0 amide bonds. The highest BCUT2D eigenvalue weighted by molar-refractivity contribution is 5.36. The Kier molecular flexibility index (Phi) is 4.27. The highest BCUT2D eigenvalue weighted by Gasteiger charge is 2.39. The molecule has 2 aliphatic rings. The van der Waals surface area contributed by atoms with Crippen molar-refractivity contribution in [1.29, 1.82) is 0 Å². The minimum absolute atomic E-state index is 0.305. The van der Waals surface area contributed by atoms with Gasteiger partial charge in [0.15, 0.2) is 0 Å². The van der Waals surface area contributed by atoms with Crippen molar-refractivity contribution in [3.05, 3.63) is 29.8 Å². The molecule has 1 saturated carbocycles. The summed E-state index contributed by atoms with van der Waals surface area (Å²) in [5, 5.41) is 0. The van der Waals surface area contributed by atoms with Crippen LogP contribution in [0.15, 0.2) is 24.3 Å². The Morgan fingerprint density at radius 1 is 1.25 bits per heavy atom. The van der Waals surface area contributed by atoms with Gasteiger partial charge in [0.25, 0.3) is 0 Å². The Bertz CT molecular complexity index is 448. The van der Waals surface area contributed by atoms with E-state index in [1.807, 2.05) is 12.1 Å². The zero-order chi connectivity index (χ0) is 13.9. The van der Waals surface area contributed by atoms with Gasteiger partial charge in [-0.25, -0.2) is 0 Å². The summed E-state index contributed by atoms with van der Waals surface area (Å²) in [5.41, 5.74) is 7.39. The van der Waals surface area contributed by atoms with Crippen LogP contribution in [0.2, 0.25) is 0 Å². The van der Waals surface area contributed by atoms with Gasteiger partial charge in [-0.2, -0.15) is 0 Å². The molecule has 1 aromatic rings. The molecule has 3 rings (SSSR count). The van der Waals surface area contributed by atoms with Crippen LogP contribution in [0.4, 0.5) is 0 Å². The first-order chi connectivity index (χ1) is 9.85. The van der Waals surface area contributed by atoms with Crippen LogP contribution in [0.5, 0.6) is 5.75 Å². The van der Waals surface area contributed by atoms with E-state index < -0.39 is 0 Å². The third-order valence-electron chi connectivity index (χ3n) is 5.17. The Balaban J connectivity index is 1.86. The van der Waals surface area contributed by atoms with Gasteiger partial charge in [-0.05, 0) is 37.8 Å². The zero-order valence-corrected chi connectivity index (χ0v) is 12.4. The Labute approximate surface area is 122 Å². The fourth-order valence-electron chi connectivity index (χ4n) is 4.21. The number of nitrogens with two attached hydrogens (primary N) is 1. The summed E-state index contributed by atoms with van der Waals surface area (Å²) in [6.07, 6.45) is 6.88. The number of nitrogens with zero attached hydrogens (tertiary/aromatic N) is 1. The number of benzene rings is 1. The molecule has 20 heavy (non-hydrogen) atoms. The first-order valence-electron chi connectivity index (χ1n) is 7.94. The molecule has 2 fully saturated rings. The molecule has 1 aliphatic carbocycles. The molecule has 1 saturated heterocycles. The van der Waals surface area contributed by atoms with Crippen LogP contribution >= 0.6 is 0 Å². The van der Waals surface area contributed by atoms with E-state index in [0.717, 1.165) is 17.7 Å². The van der Waals surface area contributed by atoms with Crippen LogP contribution in [0.1, 0.15) is 43.7 Å². The second-order valence-corrected chi connectivity index (χ2v) is 6.13. The Morgan fingerprint density at radius 2 is 2.05 bits per heavy atom. The van der Waals surface area contributed by atoms with E-state index in [-0.39, 0.29) is 0 Å². The second kappa shape index (κ2) is 6.15. The summed E-state index contributed by atoms with van der Waals surface area (Å²) in [6, 6.07) is 9.39. The van der Waals surface area contributed by atoms with Gasteiger partial charge in [-0.15, -0.1) is 0 Å². The van der Waals surface area contributed by atoms with Crippen LogP contribution in [0.3, 0.4) is 0 Å². The summed E-state index contributed by atoms with van der Waals surface area (Å²) >= 11 is 0. The smallest absolute Gasteiger partial charge is 0.123 e. The molecule has 0 aromatic heterocycles. The summed E-state index contributed by atoms with van der Waals surface area (Å²) in [6.45, 7) is 1.86. The standard InChI is InChI=1S/C17H26N2O/c1-20-17-9-5-3-7-14(17)16(12-18)19-11-10-13-6-2-4-8-15(13)19/h3,5,7,9,13,15-16H,2,4,6,8,10-12,18H2,1H3. The number of methoxy groups -OCH3 is 1. The van der Waals surface area contributed by atoms with Gasteiger partial charge in [0, 0.05) is 18.2 Å². The van der Waals surface area contributed by atoms with E-state index in [9.17, 15) is 0 Å². The van der Waals surface area contributed by atoms with Crippen molar-refractivity contribution in [3.8, 4) is 5.75 Å². The average Bonchev–Trinajstić information content (AvgIpc) is 2.93. The number of likely N-dealkylation sites (tertiary alicyclic amines) is 1. The van der Waals surface area contributed by atoms with E-state index in [4.69, 9.17) is 10.5 Å². The van der Waals surface area contributed by atoms with Gasteiger partial charge < -0.3 is 10.5 Å². The van der Waals surface area contributed by atoms with E-state index in [1.54, 1.807) is 7.11 Å². The number of hydrogen-bond donors (Lipinski definition) is 1. The van der Waals surface area contributed by atoms with E-state index in [2.05, 4.69) is 17.0 Å². The third-order valence-corrected chi connectivity index (χ3v) is 5.17. The van der Waals surface area contributed by atoms with Crippen LogP contribution in [-0.4, -0.2) is 31.1 Å². The number of rotatable bonds is 4. The highest BCUT2D eigenvalue weighted by Crippen LogP contribution is 2.41. The van der Waals surface area contributed by atoms with Gasteiger partial charge in [0.2, 0.25) is 0 Å². The lowest BCUT2D eigenvalue weighted by Gasteiger charge is -2.37. The molecule has 3 atom stereocenters. The van der Waals surface area contributed by atoms with Crippen molar-refractivity contribution in [2.45, 2.75) is 44.2 Å². The maximum absolute atomic E-state index is 6.13.